The van der Waals surface area contributed by atoms with Crippen LogP contribution in [-0.2, 0) is 13.5 Å². The quantitative estimate of drug-likeness (QED) is 0.791. The van der Waals surface area contributed by atoms with Crippen molar-refractivity contribution in [1.29, 1.82) is 0 Å². The van der Waals surface area contributed by atoms with Crippen LogP contribution in [0.4, 0.5) is 10.6 Å². The van der Waals surface area contributed by atoms with Gasteiger partial charge in [0.25, 0.3) is 0 Å². The lowest BCUT2D eigenvalue weighted by Crippen LogP contribution is -2.33. The molecular weight excluding hydrogens is 304 g/mol. The predicted molar refractivity (Wildman–Crippen MR) is 86.0 cm³/mol. The molecule has 2 aromatic rings. The summed E-state index contributed by atoms with van der Waals surface area (Å²) in [6.45, 7) is 2.10. The van der Waals surface area contributed by atoms with E-state index in [1.807, 2.05) is 13.0 Å². The molecule has 1 atom stereocenters. The molecule has 0 spiro atoms. The van der Waals surface area contributed by atoms with E-state index in [4.69, 9.17) is 11.6 Å². The number of aliphatic hydroxyl groups excluding tert-OH is 1. The maximum atomic E-state index is 11.9. The van der Waals surface area contributed by atoms with Crippen molar-refractivity contribution in [3.63, 3.8) is 0 Å². The first-order valence-corrected chi connectivity index (χ1v) is 7.38. The number of nitrogens with zero attached hydrogens (tertiary/aromatic N) is 2. The van der Waals surface area contributed by atoms with Crippen LogP contribution in [0.25, 0.3) is 0 Å². The minimum absolute atomic E-state index is 0.103. The number of anilines is 1. The number of halogens is 1. The lowest BCUT2D eigenvalue weighted by atomic mass is 10.1. The Morgan fingerprint density at radius 2 is 2.09 bits per heavy atom. The van der Waals surface area contributed by atoms with Crippen LogP contribution >= 0.6 is 11.6 Å². The average molecular weight is 323 g/mol. The molecule has 7 heteroatoms. The van der Waals surface area contributed by atoms with Crippen molar-refractivity contribution in [2.45, 2.75) is 19.4 Å². The topological polar surface area (TPSA) is 79.2 Å². The third-order valence-corrected chi connectivity index (χ3v) is 3.50. The first-order valence-electron chi connectivity index (χ1n) is 7.01. The molecule has 0 aliphatic carbocycles. The smallest absolute Gasteiger partial charge is 0.320 e. The molecule has 1 heterocycles. The summed E-state index contributed by atoms with van der Waals surface area (Å²) in [7, 11) is 1.76. The van der Waals surface area contributed by atoms with Crippen LogP contribution in [0.1, 0.15) is 24.3 Å². The summed E-state index contributed by atoms with van der Waals surface area (Å²) in [5, 5.41) is 20.2. The Balaban J connectivity index is 1.86. The van der Waals surface area contributed by atoms with E-state index >= 15 is 0 Å². The zero-order chi connectivity index (χ0) is 16.1. The second-order valence-electron chi connectivity index (χ2n) is 4.90. The van der Waals surface area contributed by atoms with Gasteiger partial charge in [0, 0.05) is 24.7 Å². The molecule has 2 rings (SSSR count). The molecule has 0 bridgehead atoms. The average Bonchev–Trinajstić information content (AvgIpc) is 2.86. The Bertz CT molecular complexity index is 639. The Labute approximate surface area is 134 Å². The van der Waals surface area contributed by atoms with Gasteiger partial charge in [0.15, 0.2) is 0 Å². The van der Waals surface area contributed by atoms with Gasteiger partial charge in [-0.25, -0.2) is 4.79 Å². The van der Waals surface area contributed by atoms with Crippen LogP contribution in [0.15, 0.2) is 30.3 Å². The zero-order valence-corrected chi connectivity index (χ0v) is 13.3. The predicted octanol–water partition coefficient (Wildman–Crippen LogP) is 2.49. The number of urea groups is 1. The lowest BCUT2D eigenvalue weighted by Gasteiger charge is -2.13. The van der Waals surface area contributed by atoms with Gasteiger partial charge in [0.2, 0.25) is 0 Å². The Morgan fingerprint density at radius 1 is 1.41 bits per heavy atom. The number of benzene rings is 1. The fourth-order valence-electron chi connectivity index (χ4n) is 1.97. The minimum Gasteiger partial charge on any atom is -0.387 e. The molecule has 118 valence electrons. The van der Waals surface area contributed by atoms with E-state index in [0.29, 0.717) is 16.4 Å². The number of hydrogen-bond donors (Lipinski definition) is 3. The fraction of sp³-hybridized carbons (Fsp3) is 0.333. The zero-order valence-electron chi connectivity index (χ0n) is 12.5. The van der Waals surface area contributed by atoms with Crippen molar-refractivity contribution in [2.75, 3.05) is 11.9 Å². The monoisotopic (exact) mass is 322 g/mol. The summed E-state index contributed by atoms with van der Waals surface area (Å²) in [6.07, 6.45) is 0.00707. The van der Waals surface area contributed by atoms with E-state index in [9.17, 15) is 9.90 Å². The number of amides is 2. The first kappa shape index (κ1) is 16.3. The third kappa shape index (κ3) is 4.22. The molecule has 6 nitrogen and oxygen atoms in total. The number of aliphatic hydroxyl groups is 1. The lowest BCUT2D eigenvalue weighted by molar-refractivity contribution is 0.175. The molecule has 0 aliphatic heterocycles. The summed E-state index contributed by atoms with van der Waals surface area (Å²) in [5.41, 5.74) is 1.59. The summed E-state index contributed by atoms with van der Waals surface area (Å²) < 4.78 is 1.61. The molecule has 2 amide bonds. The summed E-state index contributed by atoms with van der Waals surface area (Å²) in [6, 6.07) is 8.26. The number of nitrogens with one attached hydrogen (secondary N) is 2. The van der Waals surface area contributed by atoms with Gasteiger partial charge < -0.3 is 10.4 Å². The molecule has 0 saturated carbocycles. The van der Waals surface area contributed by atoms with Gasteiger partial charge in [-0.2, -0.15) is 5.10 Å². The summed E-state index contributed by atoms with van der Waals surface area (Å²) in [4.78, 5) is 11.9. The fourth-order valence-corrected chi connectivity index (χ4v) is 2.10. The van der Waals surface area contributed by atoms with Gasteiger partial charge in [-0.05, 0) is 24.1 Å². The molecule has 1 aromatic heterocycles. The van der Waals surface area contributed by atoms with Crippen LogP contribution in [0.2, 0.25) is 5.02 Å². The number of aromatic nitrogens is 2. The summed E-state index contributed by atoms with van der Waals surface area (Å²) >= 11 is 5.79. The van der Waals surface area contributed by atoms with E-state index in [2.05, 4.69) is 15.7 Å². The van der Waals surface area contributed by atoms with Crippen molar-refractivity contribution in [2.24, 2.45) is 7.05 Å². The molecule has 3 N–H and O–H groups in total. The largest absolute Gasteiger partial charge is 0.387 e. The van der Waals surface area contributed by atoms with E-state index in [0.717, 1.165) is 12.1 Å². The van der Waals surface area contributed by atoms with Gasteiger partial charge in [-0.15, -0.1) is 0 Å². The normalized spacial score (nSPS) is 12.0. The minimum atomic E-state index is -0.791. The number of carbonyl (C=O) groups is 1. The summed E-state index contributed by atoms with van der Waals surface area (Å²) in [5.74, 6) is 0.607. The first-order chi connectivity index (χ1) is 10.5. The van der Waals surface area contributed by atoms with Crippen molar-refractivity contribution in [1.82, 2.24) is 15.1 Å². The molecule has 0 saturated heterocycles. The third-order valence-electron chi connectivity index (χ3n) is 3.25. The number of aryl methyl sites for hydroxylation is 2. The molecule has 0 fully saturated rings. The highest BCUT2D eigenvalue weighted by Crippen LogP contribution is 2.16. The van der Waals surface area contributed by atoms with Crippen molar-refractivity contribution >= 4 is 23.4 Å². The van der Waals surface area contributed by atoms with Gasteiger partial charge in [-0.3, -0.25) is 10.00 Å². The van der Waals surface area contributed by atoms with Crippen LogP contribution in [0.5, 0.6) is 0 Å². The van der Waals surface area contributed by atoms with Crippen LogP contribution < -0.4 is 10.6 Å². The van der Waals surface area contributed by atoms with Crippen LogP contribution in [0.3, 0.4) is 0 Å². The van der Waals surface area contributed by atoms with E-state index in [-0.39, 0.29) is 6.54 Å². The van der Waals surface area contributed by atoms with Crippen LogP contribution in [-0.4, -0.2) is 27.5 Å². The van der Waals surface area contributed by atoms with Crippen LogP contribution in [0, 0.1) is 0 Å². The number of carbonyl (C=O) groups excluding carboxylic acids is 1. The van der Waals surface area contributed by atoms with Gasteiger partial charge >= 0.3 is 6.03 Å². The van der Waals surface area contributed by atoms with Crippen molar-refractivity contribution in [3.05, 3.63) is 46.6 Å². The van der Waals surface area contributed by atoms with Gasteiger partial charge in [-0.1, -0.05) is 30.7 Å². The molecule has 0 radical (unpaired) electrons. The van der Waals surface area contributed by atoms with E-state index in [1.54, 1.807) is 36.0 Å². The maximum absolute atomic E-state index is 11.9. The number of hydrogen-bond acceptors (Lipinski definition) is 3. The van der Waals surface area contributed by atoms with Gasteiger partial charge in [0.1, 0.15) is 5.82 Å². The molecule has 1 aromatic carbocycles. The second kappa shape index (κ2) is 7.29. The Hall–Kier alpha value is -2.05. The molecule has 22 heavy (non-hydrogen) atoms. The standard InChI is InChI=1S/C15H19ClN4O2/c1-3-12-8-14(20(2)19-12)18-15(22)17-9-13(21)10-4-6-11(16)7-5-10/h4-8,13,21H,3,9H2,1-2H3,(H2,17,18,22). The van der Waals surface area contributed by atoms with E-state index in [1.165, 1.54) is 0 Å². The van der Waals surface area contributed by atoms with Crippen molar-refractivity contribution in [3.8, 4) is 0 Å². The molecule has 1 unspecified atom stereocenters. The SMILES string of the molecule is CCc1cc(NC(=O)NCC(O)c2ccc(Cl)cc2)n(C)n1. The molecular formula is C15H19ClN4O2. The maximum Gasteiger partial charge on any atom is 0.320 e. The molecule has 0 aliphatic rings. The Morgan fingerprint density at radius 3 is 2.68 bits per heavy atom. The van der Waals surface area contributed by atoms with Crippen molar-refractivity contribution < 1.29 is 9.90 Å². The highest BCUT2D eigenvalue weighted by Gasteiger charge is 2.11. The highest BCUT2D eigenvalue weighted by atomic mass is 35.5. The highest BCUT2D eigenvalue weighted by molar-refractivity contribution is 6.30. The Kier molecular flexibility index (Phi) is 5.41. The second-order valence-corrected chi connectivity index (χ2v) is 5.34. The van der Waals surface area contributed by atoms with Gasteiger partial charge in [0.05, 0.1) is 11.8 Å². The number of rotatable bonds is 5. The van der Waals surface area contributed by atoms with E-state index < -0.39 is 12.1 Å².